The van der Waals surface area contributed by atoms with E-state index in [2.05, 4.69) is 4.98 Å². The molecule has 0 N–H and O–H groups in total. The molecular formula is C22H26N2O4. The average molecular weight is 382 g/mol. The first-order chi connectivity index (χ1) is 13.2. The molecule has 3 rings (SSSR count). The van der Waals surface area contributed by atoms with Crippen molar-refractivity contribution in [3.05, 3.63) is 48.0 Å². The molecule has 1 saturated heterocycles. The van der Waals surface area contributed by atoms with Crippen molar-refractivity contribution in [1.82, 2.24) is 9.88 Å². The van der Waals surface area contributed by atoms with Crippen molar-refractivity contribution in [3.63, 3.8) is 0 Å². The van der Waals surface area contributed by atoms with Gasteiger partial charge < -0.3 is 14.4 Å². The highest BCUT2D eigenvalue weighted by atomic mass is 16.6. The molecule has 1 aromatic heterocycles. The van der Waals surface area contributed by atoms with Gasteiger partial charge >= 0.3 is 6.09 Å². The highest BCUT2D eigenvalue weighted by Crippen LogP contribution is 2.26. The molecule has 28 heavy (non-hydrogen) atoms. The van der Waals surface area contributed by atoms with E-state index in [1.54, 1.807) is 23.1 Å². The monoisotopic (exact) mass is 382 g/mol. The van der Waals surface area contributed by atoms with Gasteiger partial charge in [0.1, 0.15) is 18.0 Å². The first-order valence-corrected chi connectivity index (χ1v) is 9.44. The summed E-state index contributed by atoms with van der Waals surface area (Å²) < 4.78 is 11.5. The van der Waals surface area contributed by atoms with Crippen LogP contribution in [0.1, 0.15) is 44.5 Å². The van der Waals surface area contributed by atoms with Gasteiger partial charge in [0.05, 0.1) is 12.2 Å². The highest BCUT2D eigenvalue weighted by Gasteiger charge is 2.36. The highest BCUT2D eigenvalue weighted by molar-refractivity contribution is 5.78. The summed E-state index contributed by atoms with van der Waals surface area (Å²) >= 11 is 0. The minimum absolute atomic E-state index is 0.0345. The van der Waals surface area contributed by atoms with Gasteiger partial charge in [-0.05, 0) is 39.8 Å². The topological polar surface area (TPSA) is 68.7 Å². The lowest BCUT2D eigenvalue weighted by Gasteiger charge is -2.26. The molecule has 6 nitrogen and oxygen atoms in total. The molecule has 0 bridgehead atoms. The number of aromatic nitrogens is 1. The predicted octanol–water partition coefficient (Wildman–Crippen LogP) is 4.34. The molecule has 1 amide bonds. The van der Waals surface area contributed by atoms with Crippen LogP contribution in [0.3, 0.4) is 0 Å². The van der Waals surface area contributed by atoms with Gasteiger partial charge in [-0.15, -0.1) is 0 Å². The molecule has 0 aliphatic carbocycles. The van der Waals surface area contributed by atoms with E-state index >= 15 is 0 Å². The van der Waals surface area contributed by atoms with Crippen molar-refractivity contribution < 1.29 is 19.1 Å². The molecule has 6 heteroatoms. The Morgan fingerprint density at radius 3 is 2.68 bits per heavy atom. The maximum absolute atomic E-state index is 12.4. The number of pyridine rings is 1. The molecule has 0 radical (unpaired) electrons. The third-order valence-corrected chi connectivity index (χ3v) is 4.49. The lowest BCUT2D eigenvalue weighted by atomic mass is 10.1. The van der Waals surface area contributed by atoms with Crippen LogP contribution in [0.25, 0.3) is 11.3 Å². The molecule has 1 fully saturated rings. The van der Waals surface area contributed by atoms with E-state index in [1.807, 2.05) is 52.0 Å². The fraction of sp³-hybridized carbons (Fsp3) is 0.409. The Bertz CT molecular complexity index is 860. The number of hydrogen-bond donors (Lipinski definition) is 0. The van der Waals surface area contributed by atoms with Gasteiger partial charge in [0, 0.05) is 29.7 Å². The van der Waals surface area contributed by atoms with E-state index in [0.29, 0.717) is 24.4 Å². The zero-order valence-corrected chi connectivity index (χ0v) is 16.7. The third-order valence-electron chi connectivity index (χ3n) is 4.49. The maximum Gasteiger partial charge on any atom is 0.410 e. The number of likely N-dealkylation sites (tertiary alicyclic amines) is 1. The Labute approximate surface area is 165 Å². The summed E-state index contributed by atoms with van der Waals surface area (Å²) in [6.45, 7) is 8.02. The Morgan fingerprint density at radius 2 is 1.96 bits per heavy atom. The fourth-order valence-corrected chi connectivity index (χ4v) is 3.23. The standard InChI is InChI=1S/C22H26N2O4/c1-15-11-18(13-24(15)21(26)28-22(2,3)4)27-20-10-6-9-19(23-20)17-8-5-7-16(12-17)14-25/h5-10,12,14-15,18H,11,13H2,1-4H3/t15-,18-/m0/s1. The Hall–Kier alpha value is -2.89. The van der Waals surface area contributed by atoms with Gasteiger partial charge in [-0.3, -0.25) is 4.79 Å². The summed E-state index contributed by atoms with van der Waals surface area (Å²) in [5, 5.41) is 0. The number of rotatable bonds is 4. The van der Waals surface area contributed by atoms with Gasteiger partial charge in [-0.2, -0.15) is 0 Å². The molecule has 148 valence electrons. The Kier molecular flexibility index (Phi) is 5.68. The molecule has 2 heterocycles. The molecule has 1 aromatic carbocycles. The fourth-order valence-electron chi connectivity index (χ4n) is 3.23. The molecule has 2 aromatic rings. The third kappa shape index (κ3) is 4.88. The minimum atomic E-state index is -0.526. The SMILES string of the molecule is C[C@H]1C[C@H](Oc2cccc(-c3cccc(C=O)c3)n2)CN1C(=O)OC(C)(C)C. The summed E-state index contributed by atoms with van der Waals surface area (Å²) in [7, 11) is 0. The Morgan fingerprint density at radius 1 is 1.21 bits per heavy atom. The van der Waals surface area contributed by atoms with Gasteiger partial charge in [0.2, 0.25) is 5.88 Å². The normalized spacial score (nSPS) is 19.4. The van der Waals surface area contributed by atoms with Gasteiger partial charge in [-0.1, -0.05) is 24.3 Å². The van der Waals surface area contributed by atoms with Gasteiger partial charge in [0.15, 0.2) is 0 Å². The number of aldehydes is 1. The predicted molar refractivity (Wildman–Crippen MR) is 106 cm³/mol. The lowest BCUT2D eigenvalue weighted by Crippen LogP contribution is -2.39. The van der Waals surface area contributed by atoms with Crippen LogP contribution in [0, 0.1) is 0 Å². The van der Waals surface area contributed by atoms with E-state index in [4.69, 9.17) is 9.47 Å². The van der Waals surface area contributed by atoms with Crippen LogP contribution in [0.2, 0.25) is 0 Å². The first kappa shape index (κ1) is 19.9. The second-order valence-corrected chi connectivity index (χ2v) is 8.06. The van der Waals surface area contributed by atoms with E-state index in [0.717, 1.165) is 17.5 Å². The second kappa shape index (κ2) is 8.00. The second-order valence-electron chi connectivity index (χ2n) is 8.06. The van der Waals surface area contributed by atoms with Crippen LogP contribution in [0.15, 0.2) is 42.5 Å². The van der Waals surface area contributed by atoms with E-state index in [9.17, 15) is 9.59 Å². The maximum atomic E-state index is 12.4. The number of hydrogen-bond acceptors (Lipinski definition) is 5. The van der Waals surface area contributed by atoms with E-state index < -0.39 is 5.60 Å². The average Bonchev–Trinajstić information content (AvgIpc) is 3.01. The summed E-state index contributed by atoms with van der Waals surface area (Å²) in [5.74, 6) is 0.497. The van der Waals surface area contributed by atoms with Crippen molar-refractivity contribution in [1.29, 1.82) is 0 Å². The van der Waals surface area contributed by atoms with Crippen molar-refractivity contribution in [2.45, 2.75) is 51.9 Å². The molecule has 0 spiro atoms. The Balaban J connectivity index is 1.69. The van der Waals surface area contributed by atoms with Crippen LogP contribution in [0.4, 0.5) is 4.79 Å². The lowest BCUT2D eigenvalue weighted by molar-refractivity contribution is 0.0223. The number of nitrogens with zero attached hydrogens (tertiary/aromatic N) is 2. The molecule has 0 saturated carbocycles. The van der Waals surface area contributed by atoms with Crippen LogP contribution >= 0.6 is 0 Å². The van der Waals surface area contributed by atoms with Crippen molar-refractivity contribution in [2.75, 3.05) is 6.54 Å². The van der Waals surface area contributed by atoms with E-state index in [1.165, 1.54) is 0 Å². The first-order valence-electron chi connectivity index (χ1n) is 9.44. The minimum Gasteiger partial charge on any atom is -0.472 e. The van der Waals surface area contributed by atoms with Gasteiger partial charge in [0.25, 0.3) is 0 Å². The summed E-state index contributed by atoms with van der Waals surface area (Å²) in [6.07, 6.45) is 1.06. The van der Waals surface area contributed by atoms with E-state index in [-0.39, 0.29) is 18.2 Å². The zero-order chi connectivity index (χ0) is 20.3. The van der Waals surface area contributed by atoms with Crippen molar-refractivity contribution in [2.24, 2.45) is 0 Å². The van der Waals surface area contributed by atoms with Crippen LogP contribution < -0.4 is 4.74 Å². The van der Waals surface area contributed by atoms with Crippen LogP contribution in [0.5, 0.6) is 5.88 Å². The van der Waals surface area contributed by atoms with Crippen molar-refractivity contribution >= 4 is 12.4 Å². The smallest absolute Gasteiger partial charge is 0.410 e. The zero-order valence-electron chi connectivity index (χ0n) is 16.7. The van der Waals surface area contributed by atoms with Crippen LogP contribution in [-0.4, -0.2) is 46.6 Å². The number of amides is 1. The van der Waals surface area contributed by atoms with Crippen LogP contribution in [-0.2, 0) is 4.74 Å². The number of carbonyl (C=O) groups excluding carboxylic acids is 2. The number of ether oxygens (including phenoxy) is 2. The summed E-state index contributed by atoms with van der Waals surface area (Å²) in [5.41, 5.74) is 1.66. The quantitative estimate of drug-likeness (QED) is 0.736. The molecule has 1 aliphatic heterocycles. The number of benzene rings is 1. The largest absolute Gasteiger partial charge is 0.472 e. The molecule has 1 aliphatic rings. The molecular weight excluding hydrogens is 356 g/mol. The molecule has 0 unspecified atom stereocenters. The van der Waals surface area contributed by atoms with Crippen molar-refractivity contribution in [3.8, 4) is 17.1 Å². The molecule has 2 atom stereocenters. The summed E-state index contributed by atoms with van der Waals surface area (Å²) in [6, 6.07) is 12.9. The van der Waals surface area contributed by atoms with Gasteiger partial charge in [-0.25, -0.2) is 9.78 Å². The number of carbonyl (C=O) groups is 2. The summed E-state index contributed by atoms with van der Waals surface area (Å²) in [4.78, 5) is 29.6.